The second kappa shape index (κ2) is 6.19. The summed E-state index contributed by atoms with van der Waals surface area (Å²) in [6.45, 7) is 0.338. The molecule has 0 bridgehead atoms. The summed E-state index contributed by atoms with van der Waals surface area (Å²) in [7, 11) is 0. The van der Waals surface area contributed by atoms with Gasteiger partial charge >= 0.3 is 6.18 Å². The summed E-state index contributed by atoms with van der Waals surface area (Å²) in [5, 5.41) is 10.2. The van der Waals surface area contributed by atoms with Gasteiger partial charge in [-0.25, -0.2) is 9.67 Å². The highest BCUT2D eigenvalue weighted by Crippen LogP contribution is 2.32. The predicted molar refractivity (Wildman–Crippen MR) is 77.2 cm³/mol. The first-order valence-electron chi connectivity index (χ1n) is 7.35. The van der Waals surface area contributed by atoms with Crippen LogP contribution in [0, 0.1) is 5.92 Å². The van der Waals surface area contributed by atoms with Gasteiger partial charge in [-0.1, -0.05) is 5.21 Å². The number of hydrogen-bond acceptors (Lipinski definition) is 5. The maximum Gasteiger partial charge on any atom is 0.417 e. The van der Waals surface area contributed by atoms with E-state index in [-0.39, 0.29) is 17.6 Å². The van der Waals surface area contributed by atoms with Gasteiger partial charge in [-0.2, -0.15) is 13.2 Å². The summed E-state index contributed by atoms with van der Waals surface area (Å²) in [6.07, 6.45) is -0.382. The van der Waals surface area contributed by atoms with Gasteiger partial charge < -0.3 is 11.1 Å². The highest BCUT2D eigenvalue weighted by atomic mass is 19.4. The van der Waals surface area contributed by atoms with E-state index in [4.69, 9.17) is 5.73 Å². The van der Waals surface area contributed by atoms with Crippen molar-refractivity contribution in [2.75, 3.05) is 6.54 Å². The molecule has 1 atom stereocenters. The van der Waals surface area contributed by atoms with Gasteiger partial charge in [0.1, 0.15) is 0 Å². The second-order valence-corrected chi connectivity index (χ2v) is 5.60. The number of nitrogens with zero attached hydrogens (tertiary/aromatic N) is 4. The van der Waals surface area contributed by atoms with Gasteiger partial charge in [-0.3, -0.25) is 4.79 Å². The number of carbonyl (C=O) groups excluding carboxylic acids is 1. The number of carbonyl (C=O) groups is 1. The van der Waals surface area contributed by atoms with E-state index >= 15 is 0 Å². The Kier molecular flexibility index (Phi) is 4.22. The monoisotopic (exact) mass is 340 g/mol. The topological polar surface area (TPSA) is 98.7 Å². The van der Waals surface area contributed by atoms with Crippen LogP contribution < -0.4 is 11.1 Å². The Balaban J connectivity index is 1.71. The van der Waals surface area contributed by atoms with Crippen LogP contribution in [0.25, 0.3) is 5.82 Å². The fourth-order valence-electron chi connectivity index (χ4n) is 2.28. The number of nitrogens with one attached hydrogen (secondary N) is 1. The molecule has 1 aliphatic carbocycles. The van der Waals surface area contributed by atoms with Crippen LogP contribution >= 0.6 is 0 Å². The molecule has 0 saturated heterocycles. The number of rotatable bonds is 5. The SMILES string of the molecule is NCC(NC(=O)c1cn(-c2ccc(C(F)(F)F)cn2)nn1)C1CC1. The molecule has 2 aromatic heterocycles. The molecule has 1 saturated carbocycles. The molecule has 3 N–H and O–H groups in total. The number of nitrogens with two attached hydrogens (primary N) is 1. The summed E-state index contributed by atoms with van der Waals surface area (Å²) in [6, 6.07) is 1.94. The van der Waals surface area contributed by atoms with E-state index < -0.39 is 17.6 Å². The van der Waals surface area contributed by atoms with Gasteiger partial charge in [0.25, 0.3) is 5.91 Å². The number of pyridine rings is 1. The number of hydrogen-bond donors (Lipinski definition) is 2. The molecule has 7 nitrogen and oxygen atoms in total. The number of halogens is 3. The molecule has 2 heterocycles. The molecule has 10 heteroatoms. The lowest BCUT2D eigenvalue weighted by atomic mass is 10.2. The van der Waals surface area contributed by atoms with E-state index in [2.05, 4.69) is 20.6 Å². The maximum atomic E-state index is 12.5. The van der Waals surface area contributed by atoms with E-state index in [0.29, 0.717) is 18.7 Å². The zero-order valence-electron chi connectivity index (χ0n) is 12.5. The van der Waals surface area contributed by atoms with Crippen LogP contribution in [-0.4, -0.2) is 38.5 Å². The van der Waals surface area contributed by atoms with Crippen LogP contribution in [0.3, 0.4) is 0 Å². The molecular formula is C14H15F3N6O. The van der Waals surface area contributed by atoms with Crippen LogP contribution in [0.4, 0.5) is 13.2 Å². The highest BCUT2D eigenvalue weighted by Gasteiger charge is 2.32. The van der Waals surface area contributed by atoms with Gasteiger partial charge in [0.15, 0.2) is 11.5 Å². The average Bonchev–Trinajstić information content (AvgIpc) is 3.27. The smallest absolute Gasteiger partial charge is 0.346 e. The third-order valence-electron chi connectivity index (χ3n) is 3.80. The molecule has 24 heavy (non-hydrogen) atoms. The van der Waals surface area contributed by atoms with E-state index in [9.17, 15) is 18.0 Å². The quantitative estimate of drug-likeness (QED) is 0.851. The molecule has 1 aliphatic rings. The molecule has 1 unspecified atom stereocenters. The van der Waals surface area contributed by atoms with E-state index in [1.165, 1.54) is 6.20 Å². The molecule has 1 amide bonds. The summed E-state index contributed by atoms with van der Waals surface area (Å²) < 4.78 is 38.7. The van der Waals surface area contributed by atoms with Crippen molar-refractivity contribution in [2.24, 2.45) is 11.7 Å². The van der Waals surface area contributed by atoms with Crippen molar-refractivity contribution >= 4 is 5.91 Å². The van der Waals surface area contributed by atoms with E-state index in [1.807, 2.05) is 0 Å². The van der Waals surface area contributed by atoms with Crippen molar-refractivity contribution in [1.82, 2.24) is 25.3 Å². The van der Waals surface area contributed by atoms with Crippen molar-refractivity contribution in [1.29, 1.82) is 0 Å². The van der Waals surface area contributed by atoms with Crippen LogP contribution in [0.5, 0.6) is 0 Å². The lowest BCUT2D eigenvalue weighted by Gasteiger charge is -2.14. The first-order chi connectivity index (χ1) is 11.4. The molecular weight excluding hydrogens is 325 g/mol. The van der Waals surface area contributed by atoms with Gasteiger partial charge in [0.05, 0.1) is 11.8 Å². The maximum absolute atomic E-state index is 12.5. The molecule has 0 aromatic carbocycles. The molecule has 3 rings (SSSR count). The minimum atomic E-state index is -4.46. The fourth-order valence-corrected chi connectivity index (χ4v) is 2.28. The summed E-state index contributed by atoms with van der Waals surface area (Å²) in [5.74, 6) is 0.105. The van der Waals surface area contributed by atoms with Gasteiger partial charge in [0.2, 0.25) is 0 Å². The Morgan fingerprint density at radius 3 is 2.71 bits per heavy atom. The zero-order chi connectivity index (χ0) is 17.3. The van der Waals surface area contributed by atoms with Crippen molar-refractivity contribution < 1.29 is 18.0 Å². The minimum absolute atomic E-state index is 0.0517. The third kappa shape index (κ3) is 3.53. The van der Waals surface area contributed by atoms with Gasteiger partial charge in [-0.15, -0.1) is 5.10 Å². The van der Waals surface area contributed by atoms with Crippen LogP contribution in [0.15, 0.2) is 24.5 Å². The first-order valence-corrected chi connectivity index (χ1v) is 7.35. The summed E-state index contributed by atoms with van der Waals surface area (Å²) >= 11 is 0. The van der Waals surface area contributed by atoms with Gasteiger partial charge in [0, 0.05) is 18.8 Å². The predicted octanol–water partition coefficient (Wildman–Crippen LogP) is 1.15. The van der Waals surface area contributed by atoms with Crippen molar-refractivity contribution in [3.8, 4) is 5.82 Å². The van der Waals surface area contributed by atoms with Crippen molar-refractivity contribution in [2.45, 2.75) is 25.1 Å². The lowest BCUT2D eigenvalue weighted by Crippen LogP contribution is -2.41. The second-order valence-electron chi connectivity index (χ2n) is 5.60. The Labute approximate surface area is 135 Å². The molecule has 2 aromatic rings. The van der Waals surface area contributed by atoms with Gasteiger partial charge in [-0.05, 0) is 30.9 Å². The van der Waals surface area contributed by atoms with Crippen molar-refractivity contribution in [3.05, 3.63) is 35.8 Å². The fraction of sp³-hybridized carbons (Fsp3) is 0.429. The molecule has 1 fully saturated rings. The molecule has 0 aliphatic heterocycles. The number of amides is 1. The summed E-state index contributed by atoms with van der Waals surface area (Å²) in [4.78, 5) is 15.8. The summed E-state index contributed by atoms with van der Waals surface area (Å²) in [5.41, 5.74) is 4.82. The Morgan fingerprint density at radius 2 is 2.17 bits per heavy atom. The number of alkyl halides is 3. The standard InChI is InChI=1S/C14H15F3N6O/c15-14(16,17)9-3-4-12(19-6-9)23-7-11(21-22-23)13(24)20-10(5-18)8-1-2-8/h3-4,6-8,10H,1-2,5,18H2,(H,20,24). The Hall–Kier alpha value is -2.49. The zero-order valence-corrected chi connectivity index (χ0v) is 12.5. The minimum Gasteiger partial charge on any atom is -0.346 e. The Bertz CT molecular complexity index is 723. The van der Waals surface area contributed by atoms with E-state index in [1.54, 1.807) is 0 Å². The molecule has 0 spiro atoms. The normalized spacial score (nSPS) is 16.0. The van der Waals surface area contributed by atoms with E-state index in [0.717, 1.165) is 29.7 Å². The lowest BCUT2D eigenvalue weighted by molar-refractivity contribution is -0.137. The third-order valence-corrected chi connectivity index (χ3v) is 3.80. The first kappa shape index (κ1) is 16.4. The van der Waals surface area contributed by atoms with Crippen molar-refractivity contribution in [3.63, 3.8) is 0 Å². The van der Waals surface area contributed by atoms with Crippen LogP contribution in [0.1, 0.15) is 28.9 Å². The average molecular weight is 340 g/mol. The van der Waals surface area contributed by atoms with Crippen LogP contribution in [-0.2, 0) is 6.18 Å². The molecule has 128 valence electrons. The Morgan fingerprint density at radius 1 is 1.42 bits per heavy atom. The number of aromatic nitrogens is 4. The largest absolute Gasteiger partial charge is 0.417 e. The molecule has 0 radical (unpaired) electrons. The highest BCUT2D eigenvalue weighted by molar-refractivity contribution is 5.92. The van der Waals surface area contributed by atoms with Crippen LogP contribution in [0.2, 0.25) is 0 Å².